The topological polar surface area (TPSA) is 9.23 Å². The predicted molar refractivity (Wildman–Crippen MR) is 51.0 cm³/mol. The largest absolute Gasteiger partial charge is 0.520 e. The highest BCUT2D eigenvalue weighted by Gasteiger charge is 2.24. The van der Waals surface area contributed by atoms with Crippen LogP contribution >= 0.6 is 23.2 Å². The van der Waals surface area contributed by atoms with Gasteiger partial charge in [0.05, 0.1) is 11.5 Å². The van der Waals surface area contributed by atoms with Crippen molar-refractivity contribution in [2.24, 2.45) is 0 Å². The van der Waals surface area contributed by atoms with Gasteiger partial charge in [0.15, 0.2) is 0 Å². The second-order valence-corrected chi connectivity index (χ2v) is 3.44. The Balaban J connectivity index is 2.72. The average molecular weight is 244 g/mol. The van der Waals surface area contributed by atoms with Crippen molar-refractivity contribution in [3.05, 3.63) is 28.2 Å². The third-order valence-corrected chi connectivity index (χ3v) is 1.87. The standard InChI is InChI=1S/C7H5BCl2F3O/c9-5-1-2-6(10)7(3-5)14-4-8(11,12)13/h1-3H,4H2/q-1. The Labute approximate surface area is 88.8 Å². The second kappa shape index (κ2) is 4.32. The van der Waals surface area contributed by atoms with E-state index in [1.807, 2.05) is 0 Å². The van der Waals surface area contributed by atoms with Crippen molar-refractivity contribution in [2.75, 3.05) is 6.51 Å². The van der Waals surface area contributed by atoms with Crippen LogP contribution in [0.25, 0.3) is 0 Å². The third-order valence-electron chi connectivity index (χ3n) is 1.32. The number of hydrogen-bond donors (Lipinski definition) is 0. The Morgan fingerprint density at radius 1 is 1.21 bits per heavy atom. The molecular formula is C7H5BCl2F3O-. The zero-order valence-corrected chi connectivity index (χ0v) is 8.33. The summed E-state index contributed by atoms with van der Waals surface area (Å²) in [5, 5.41) is 0.383. The summed E-state index contributed by atoms with van der Waals surface area (Å²) in [7, 11) is 0. The minimum absolute atomic E-state index is 0.0571. The molecule has 1 aromatic carbocycles. The summed E-state index contributed by atoms with van der Waals surface area (Å²) in [6, 6.07) is 4.09. The Hall–Kier alpha value is -0.545. The van der Waals surface area contributed by atoms with Gasteiger partial charge in [-0.05, 0) is 12.1 Å². The van der Waals surface area contributed by atoms with Gasteiger partial charge in [-0.1, -0.05) is 23.2 Å². The molecule has 0 aliphatic carbocycles. The minimum Gasteiger partial charge on any atom is -0.520 e. The molecule has 0 amide bonds. The second-order valence-electron chi connectivity index (χ2n) is 2.60. The molecular weight excluding hydrogens is 239 g/mol. The molecule has 0 atom stereocenters. The van der Waals surface area contributed by atoms with Crippen LogP contribution in [0.3, 0.4) is 0 Å². The molecule has 0 radical (unpaired) electrons. The Morgan fingerprint density at radius 2 is 1.86 bits per heavy atom. The zero-order valence-electron chi connectivity index (χ0n) is 6.81. The van der Waals surface area contributed by atoms with Crippen molar-refractivity contribution < 1.29 is 17.7 Å². The lowest BCUT2D eigenvalue weighted by Gasteiger charge is -2.15. The zero-order chi connectivity index (χ0) is 10.8. The fraction of sp³-hybridized carbons (Fsp3) is 0.143. The van der Waals surface area contributed by atoms with Gasteiger partial charge in [-0.15, -0.1) is 0 Å². The molecule has 0 N–H and O–H groups in total. The van der Waals surface area contributed by atoms with Crippen LogP contribution in [-0.2, 0) is 0 Å². The number of halogens is 5. The van der Waals surface area contributed by atoms with Gasteiger partial charge in [0.1, 0.15) is 5.75 Å². The quantitative estimate of drug-likeness (QED) is 0.735. The van der Waals surface area contributed by atoms with Crippen LogP contribution < -0.4 is 4.74 Å². The number of hydrogen-bond acceptors (Lipinski definition) is 1. The van der Waals surface area contributed by atoms with E-state index in [-0.39, 0.29) is 15.8 Å². The molecule has 7 heteroatoms. The van der Waals surface area contributed by atoms with E-state index in [1.165, 1.54) is 18.2 Å². The predicted octanol–water partition coefficient (Wildman–Crippen LogP) is 3.76. The molecule has 0 aliphatic heterocycles. The first-order valence-corrected chi connectivity index (χ1v) is 4.43. The average Bonchev–Trinajstić information content (AvgIpc) is 2.05. The van der Waals surface area contributed by atoms with Crippen molar-refractivity contribution in [1.29, 1.82) is 0 Å². The summed E-state index contributed by atoms with van der Waals surface area (Å²) in [6.45, 7) is -6.30. The molecule has 0 spiro atoms. The lowest BCUT2D eigenvalue weighted by molar-refractivity contribution is 0.313. The van der Waals surface area contributed by atoms with Gasteiger partial charge in [-0.2, -0.15) is 0 Å². The number of rotatable bonds is 3. The van der Waals surface area contributed by atoms with Crippen LogP contribution in [0.4, 0.5) is 12.9 Å². The first-order chi connectivity index (χ1) is 6.38. The number of benzene rings is 1. The van der Waals surface area contributed by atoms with Gasteiger partial charge in [-0.25, -0.2) is 0 Å². The van der Waals surface area contributed by atoms with Crippen LogP contribution in [0.15, 0.2) is 18.2 Å². The molecule has 0 fully saturated rings. The smallest absolute Gasteiger partial charge is 0.515 e. The fourth-order valence-corrected chi connectivity index (χ4v) is 1.11. The van der Waals surface area contributed by atoms with E-state index in [2.05, 4.69) is 4.74 Å². The Morgan fingerprint density at radius 3 is 2.43 bits per heavy atom. The highest BCUT2D eigenvalue weighted by molar-refractivity contribution is 6.58. The molecule has 0 heterocycles. The first-order valence-electron chi connectivity index (χ1n) is 3.67. The molecule has 14 heavy (non-hydrogen) atoms. The van der Waals surface area contributed by atoms with Gasteiger partial charge in [0, 0.05) is 11.1 Å². The lowest BCUT2D eigenvalue weighted by atomic mass is 9.95. The van der Waals surface area contributed by atoms with Gasteiger partial charge < -0.3 is 17.7 Å². The highest BCUT2D eigenvalue weighted by Crippen LogP contribution is 2.28. The fourth-order valence-electron chi connectivity index (χ4n) is 0.772. The van der Waals surface area contributed by atoms with Gasteiger partial charge >= 0.3 is 6.98 Å². The van der Waals surface area contributed by atoms with Gasteiger partial charge in [-0.3, -0.25) is 0 Å². The molecule has 1 rings (SSSR count). The van der Waals surface area contributed by atoms with Gasteiger partial charge in [0.25, 0.3) is 0 Å². The molecule has 0 saturated carbocycles. The summed E-state index contributed by atoms with van der Waals surface area (Å²) in [5.74, 6) is -0.0571. The maximum Gasteiger partial charge on any atom is 0.515 e. The highest BCUT2D eigenvalue weighted by atomic mass is 35.5. The summed E-state index contributed by atoms with van der Waals surface area (Å²) in [5.41, 5.74) is 0. The van der Waals surface area contributed by atoms with E-state index in [9.17, 15) is 12.9 Å². The maximum absolute atomic E-state index is 11.8. The normalized spacial score (nSPS) is 11.5. The van der Waals surface area contributed by atoms with Gasteiger partial charge in [0.2, 0.25) is 0 Å². The summed E-state index contributed by atoms with van der Waals surface area (Å²) < 4.78 is 40.0. The lowest BCUT2D eigenvalue weighted by Crippen LogP contribution is -2.26. The van der Waals surface area contributed by atoms with E-state index in [1.54, 1.807) is 0 Å². The molecule has 1 aromatic rings. The van der Waals surface area contributed by atoms with E-state index < -0.39 is 13.5 Å². The Bertz CT molecular complexity index is 329. The monoisotopic (exact) mass is 243 g/mol. The molecule has 0 aliphatic rings. The van der Waals surface area contributed by atoms with Crippen LogP contribution in [0.1, 0.15) is 0 Å². The van der Waals surface area contributed by atoms with E-state index >= 15 is 0 Å². The minimum atomic E-state index is -4.98. The summed E-state index contributed by atoms with van der Waals surface area (Å²) in [6.07, 6.45) is 0. The molecule has 0 bridgehead atoms. The molecule has 1 nitrogen and oxygen atoms in total. The van der Waals surface area contributed by atoms with Crippen LogP contribution in [0.5, 0.6) is 5.75 Å². The van der Waals surface area contributed by atoms with E-state index in [0.717, 1.165) is 0 Å². The molecule has 0 aromatic heterocycles. The third kappa shape index (κ3) is 3.68. The van der Waals surface area contributed by atoms with Crippen molar-refractivity contribution in [1.82, 2.24) is 0 Å². The molecule has 78 valence electrons. The number of ether oxygens (including phenoxy) is 1. The first kappa shape index (κ1) is 11.5. The van der Waals surface area contributed by atoms with Crippen LogP contribution in [-0.4, -0.2) is 13.5 Å². The Kier molecular flexibility index (Phi) is 3.56. The van der Waals surface area contributed by atoms with E-state index in [0.29, 0.717) is 0 Å². The SMILES string of the molecule is F[B-](F)(F)COc1cc(Cl)ccc1Cl. The molecule has 0 saturated heterocycles. The maximum atomic E-state index is 11.8. The summed E-state index contributed by atoms with van der Waals surface area (Å²) >= 11 is 11.1. The van der Waals surface area contributed by atoms with Crippen LogP contribution in [0.2, 0.25) is 10.0 Å². The van der Waals surface area contributed by atoms with Crippen molar-refractivity contribution in [2.45, 2.75) is 0 Å². The molecule has 0 unspecified atom stereocenters. The van der Waals surface area contributed by atoms with E-state index in [4.69, 9.17) is 23.2 Å². The van der Waals surface area contributed by atoms with Crippen molar-refractivity contribution >= 4 is 30.2 Å². The van der Waals surface area contributed by atoms with Crippen molar-refractivity contribution in [3.63, 3.8) is 0 Å². The van der Waals surface area contributed by atoms with Crippen LogP contribution in [0, 0.1) is 0 Å². The van der Waals surface area contributed by atoms with Crippen molar-refractivity contribution in [3.8, 4) is 5.75 Å². The summed E-state index contributed by atoms with van der Waals surface area (Å²) in [4.78, 5) is 0.